The van der Waals surface area contributed by atoms with E-state index >= 15 is 0 Å². The minimum absolute atomic E-state index is 0.0494. The van der Waals surface area contributed by atoms with Crippen molar-refractivity contribution in [3.05, 3.63) is 24.0 Å². The second kappa shape index (κ2) is 6.30. The summed E-state index contributed by atoms with van der Waals surface area (Å²) >= 11 is 0. The monoisotopic (exact) mass is 226 g/mol. The molecule has 1 aromatic heterocycles. The Morgan fingerprint density at radius 3 is 2.62 bits per heavy atom. The van der Waals surface area contributed by atoms with E-state index in [2.05, 4.69) is 4.98 Å². The number of aromatic amines is 1. The van der Waals surface area contributed by atoms with Gasteiger partial charge >= 0.3 is 0 Å². The van der Waals surface area contributed by atoms with Gasteiger partial charge in [0.2, 0.25) is 0 Å². The molecule has 0 atom stereocenters. The van der Waals surface area contributed by atoms with Gasteiger partial charge in [-0.25, -0.2) is 0 Å². The van der Waals surface area contributed by atoms with E-state index in [0.29, 0.717) is 18.8 Å². The summed E-state index contributed by atoms with van der Waals surface area (Å²) in [6.07, 6.45) is 1.34. The van der Waals surface area contributed by atoms with Gasteiger partial charge < -0.3 is 19.4 Å². The summed E-state index contributed by atoms with van der Waals surface area (Å²) in [4.78, 5) is 16.5. The van der Waals surface area contributed by atoms with Gasteiger partial charge in [-0.15, -0.1) is 0 Å². The van der Waals surface area contributed by atoms with Crippen LogP contribution < -0.4 is 0 Å². The lowest BCUT2D eigenvalue weighted by Gasteiger charge is -2.24. The van der Waals surface area contributed by atoms with Crippen molar-refractivity contribution in [2.24, 2.45) is 0 Å². The van der Waals surface area contributed by atoms with Crippen molar-refractivity contribution in [3.8, 4) is 0 Å². The van der Waals surface area contributed by atoms with Gasteiger partial charge in [0.15, 0.2) is 6.29 Å². The average molecular weight is 226 g/mol. The minimum Gasteiger partial charge on any atom is -0.357 e. The molecule has 1 N–H and O–H groups in total. The first-order valence-electron chi connectivity index (χ1n) is 5.21. The standard InChI is InChI=1S/C11H18N2O3/c1-4-13(8-10(15-2)16-3)11(14)9-6-5-7-12-9/h5-7,10,12H,4,8H2,1-3H3. The fraction of sp³-hybridized carbons (Fsp3) is 0.545. The zero-order chi connectivity index (χ0) is 12.0. The number of nitrogens with one attached hydrogen (secondary N) is 1. The molecule has 0 spiro atoms. The Kier molecular flexibility index (Phi) is 5.01. The first-order chi connectivity index (χ1) is 7.72. The number of methoxy groups -OCH3 is 2. The van der Waals surface area contributed by atoms with Crippen LogP contribution in [0.15, 0.2) is 18.3 Å². The summed E-state index contributed by atoms with van der Waals surface area (Å²) in [5, 5.41) is 0. The molecule has 1 rings (SSSR count). The number of H-pyrrole nitrogens is 1. The molecule has 1 heterocycles. The van der Waals surface area contributed by atoms with E-state index < -0.39 is 0 Å². The van der Waals surface area contributed by atoms with Gasteiger partial charge in [-0.2, -0.15) is 0 Å². The highest BCUT2D eigenvalue weighted by molar-refractivity contribution is 5.92. The number of carbonyl (C=O) groups is 1. The molecule has 16 heavy (non-hydrogen) atoms. The molecule has 1 amide bonds. The van der Waals surface area contributed by atoms with Crippen molar-refractivity contribution in [2.45, 2.75) is 13.2 Å². The highest BCUT2D eigenvalue weighted by Gasteiger charge is 2.18. The maximum Gasteiger partial charge on any atom is 0.270 e. The van der Waals surface area contributed by atoms with E-state index in [1.165, 1.54) is 0 Å². The molecule has 0 unspecified atom stereocenters. The third-order valence-electron chi connectivity index (χ3n) is 2.39. The number of ether oxygens (including phenoxy) is 2. The Hall–Kier alpha value is -1.33. The summed E-state index contributed by atoms with van der Waals surface area (Å²) < 4.78 is 10.1. The zero-order valence-corrected chi connectivity index (χ0v) is 9.90. The molecule has 0 aromatic carbocycles. The number of nitrogens with zero attached hydrogens (tertiary/aromatic N) is 1. The number of hydrogen-bond donors (Lipinski definition) is 1. The van der Waals surface area contributed by atoms with Crippen LogP contribution in [0.25, 0.3) is 0 Å². The molecule has 0 bridgehead atoms. The van der Waals surface area contributed by atoms with Gasteiger partial charge in [0.25, 0.3) is 5.91 Å². The molecule has 0 aliphatic carbocycles. The van der Waals surface area contributed by atoms with E-state index in [1.54, 1.807) is 37.4 Å². The fourth-order valence-corrected chi connectivity index (χ4v) is 1.41. The maximum absolute atomic E-state index is 12.0. The molecule has 0 radical (unpaired) electrons. The summed E-state index contributed by atoms with van der Waals surface area (Å²) in [6, 6.07) is 3.55. The quantitative estimate of drug-likeness (QED) is 0.739. The first-order valence-corrected chi connectivity index (χ1v) is 5.21. The number of aromatic nitrogens is 1. The minimum atomic E-state index is -0.390. The summed E-state index contributed by atoms with van der Waals surface area (Å²) in [5.74, 6) is -0.0494. The molecular weight excluding hydrogens is 208 g/mol. The van der Waals surface area contributed by atoms with Crippen LogP contribution in [-0.4, -0.2) is 49.4 Å². The van der Waals surface area contributed by atoms with Crippen molar-refractivity contribution < 1.29 is 14.3 Å². The van der Waals surface area contributed by atoms with E-state index in [4.69, 9.17) is 9.47 Å². The van der Waals surface area contributed by atoms with E-state index in [0.717, 1.165) is 0 Å². The van der Waals surface area contributed by atoms with Gasteiger partial charge in [0, 0.05) is 27.0 Å². The predicted octanol–water partition coefficient (Wildman–Crippen LogP) is 1.10. The van der Waals surface area contributed by atoms with Crippen LogP contribution in [0.1, 0.15) is 17.4 Å². The number of rotatable bonds is 6. The average Bonchev–Trinajstić information content (AvgIpc) is 2.83. The smallest absolute Gasteiger partial charge is 0.270 e. The normalized spacial score (nSPS) is 10.8. The lowest BCUT2D eigenvalue weighted by atomic mass is 10.3. The molecule has 0 aliphatic rings. The van der Waals surface area contributed by atoms with Crippen LogP contribution >= 0.6 is 0 Å². The summed E-state index contributed by atoms with van der Waals surface area (Å²) in [5.41, 5.74) is 0.577. The van der Waals surface area contributed by atoms with Gasteiger partial charge in [-0.05, 0) is 19.1 Å². The van der Waals surface area contributed by atoms with Crippen LogP contribution in [0.3, 0.4) is 0 Å². The molecular formula is C11H18N2O3. The Bertz CT molecular complexity index is 307. The van der Waals surface area contributed by atoms with Crippen LogP contribution in [0.2, 0.25) is 0 Å². The lowest BCUT2D eigenvalue weighted by Crippen LogP contribution is -2.39. The van der Waals surface area contributed by atoms with Crippen molar-refractivity contribution in [3.63, 3.8) is 0 Å². The number of amides is 1. The predicted molar refractivity (Wildman–Crippen MR) is 60.2 cm³/mol. The lowest BCUT2D eigenvalue weighted by molar-refractivity contribution is -0.111. The van der Waals surface area contributed by atoms with Crippen LogP contribution in [-0.2, 0) is 9.47 Å². The van der Waals surface area contributed by atoms with Crippen molar-refractivity contribution in [1.82, 2.24) is 9.88 Å². The van der Waals surface area contributed by atoms with Crippen molar-refractivity contribution >= 4 is 5.91 Å². The molecule has 0 saturated heterocycles. The van der Waals surface area contributed by atoms with Crippen molar-refractivity contribution in [2.75, 3.05) is 27.3 Å². The molecule has 5 heteroatoms. The third kappa shape index (κ3) is 3.08. The third-order valence-corrected chi connectivity index (χ3v) is 2.39. The highest BCUT2D eigenvalue weighted by Crippen LogP contribution is 2.04. The molecule has 90 valence electrons. The second-order valence-corrected chi connectivity index (χ2v) is 3.33. The van der Waals surface area contributed by atoms with Gasteiger partial charge in [0.05, 0.1) is 6.54 Å². The zero-order valence-electron chi connectivity index (χ0n) is 9.90. The Labute approximate surface area is 95.3 Å². The Morgan fingerprint density at radius 1 is 1.50 bits per heavy atom. The highest BCUT2D eigenvalue weighted by atomic mass is 16.7. The first kappa shape index (κ1) is 12.7. The molecule has 5 nitrogen and oxygen atoms in total. The van der Waals surface area contributed by atoms with E-state index in [-0.39, 0.29) is 12.2 Å². The number of hydrogen-bond acceptors (Lipinski definition) is 3. The molecule has 0 fully saturated rings. The van der Waals surface area contributed by atoms with Crippen LogP contribution in [0.5, 0.6) is 0 Å². The molecule has 1 aromatic rings. The topological polar surface area (TPSA) is 54.6 Å². The van der Waals surface area contributed by atoms with Crippen LogP contribution in [0.4, 0.5) is 0 Å². The molecule has 0 saturated carbocycles. The van der Waals surface area contributed by atoms with Crippen molar-refractivity contribution in [1.29, 1.82) is 0 Å². The van der Waals surface area contributed by atoms with E-state index in [1.807, 2.05) is 6.92 Å². The van der Waals surface area contributed by atoms with Crippen LogP contribution in [0, 0.1) is 0 Å². The Balaban J connectivity index is 2.64. The van der Waals surface area contributed by atoms with E-state index in [9.17, 15) is 4.79 Å². The molecule has 0 aliphatic heterocycles. The second-order valence-electron chi connectivity index (χ2n) is 3.33. The Morgan fingerprint density at radius 2 is 2.19 bits per heavy atom. The van der Waals surface area contributed by atoms with Gasteiger partial charge in [-0.1, -0.05) is 0 Å². The number of carbonyl (C=O) groups excluding carboxylic acids is 1. The van der Waals surface area contributed by atoms with Gasteiger partial charge in [0.1, 0.15) is 5.69 Å². The SMILES string of the molecule is CCN(CC(OC)OC)C(=O)c1ccc[nH]1. The van der Waals surface area contributed by atoms with Gasteiger partial charge in [-0.3, -0.25) is 4.79 Å². The fourth-order valence-electron chi connectivity index (χ4n) is 1.41. The maximum atomic E-state index is 12.0. The number of likely N-dealkylation sites (N-methyl/N-ethyl adjacent to an activating group) is 1. The summed E-state index contributed by atoms with van der Waals surface area (Å²) in [6.45, 7) is 2.95. The largest absolute Gasteiger partial charge is 0.357 e. The summed E-state index contributed by atoms with van der Waals surface area (Å²) in [7, 11) is 3.11.